The summed E-state index contributed by atoms with van der Waals surface area (Å²) in [4.78, 5) is 48.2. The molecule has 2 fully saturated rings. The van der Waals surface area contributed by atoms with Gasteiger partial charge in [-0.05, 0) is 49.9 Å². The molecule has 2 bridgehead atoms. The van der Waals surface area contributed by atoms with Crippen LogP contribution in [0, 0.1) is 17.8 Å². The number of methoxy groups -OCH3 is 1. The van der Waals surface area contributed by atoms with Gasteiger partial charge in [0.05, 0.1) is 13.0 Å². The number of Topliss-reactive ketones (excluding diaryl/α,β-unsaturated/α-hetero) is 1. The van der Waals surface area contributed by atoms with E-state index in [0.29, 0.717) is 24.2 Å². The highest BCUT2D eigenvalue weighted by Crippen LogP contribution is 2.40. The maximum Gasteiger partial charge on any atom is 0.309 e. The average Bonchev–Trinajstić information content (AvgIpc) is 2.66. The minimum Gasteiger partial charge on any atom is -0.497 e. The number of amides is 2. The molecule has 1 aromatic rings. The number of nitrogens with one attached hydrogen (secondary N) is 1. The molecule has 0 aromatic heterocycles. The van der Waals surface area contributed by atoms with Gasteiger partial charge < -0.3 is 9.47 Å². The van der Waals surface area contributed by atoms with E-state index in [-0.39, 0.29) is 23.5 Å². The van der Waals surface area contributed by atoms with Crippen LogP contribution < -0.4 is 10.1 Å². The fourth-order valence-corrected chi connectivity index (χ4v) is 3.90. The van der Waals surface area contributed by atoms with E-state index in [0.717, 1.165) is 19.3 Å². The molecule has 2 aliphatic rings. The lowest BCUT2D eigenvalue weighted by molar-refractivity contribution is -0.156. The molecular weight excluding hydrogens is 350 g/mol. The number of carbonyl (C=O) groups excluding carboxylic acids is 4. The minimum atomic E-state index is -0.684. The number of esters is 1. The molecule has 27 heavy (non-hydrogen) atoms. The maximum absolute atomic E-state index is 12.3. The van der Waals surface area contributed by atoms with Crippen molar-refractivity contribution in [2.24, 2.45) is 17.8 Å². The van der Waals surface area contributed by atoms with Crippen LogP contribution in [-0.2, 0) is 19.1 Å². The summed E-state index contributed by atoms with van der Waals surface area (Å²) >= 11 is 0. The Kier molecular flexibility index (Phi) is 5.88. The van der Waals surface area contributed by atoms with E-state index in [2.05, 4.69) is 5.32 Å². The molecule has 3 rings (SSSR count). The number of hydrogen-bond acceptors (Lipinski definition) is 6. The number of ether oxygens (including phenoxy) is 2. The topological polar surface area (TPSA) is 98.8 Å². The Bertz CT molecular complexity index is 725. The van der Waals surface area contributed by atoms with Gasteiger partial charge in [0.2, 0.25) is 0 Å². The van der Waals surface area contributed by atoms with Gasteiger partial charge in [0.15, 0.2) is 6.61 Å². The summed E-state index contributed by atoms with van der Waals surface area (Å²) < 4.78 is 10.1. The average molecular weight is 373 g/mol. The van der Waals surface area contributed by atoms with Crippen molar-refractivity contribution < 1.29 is 28.7 Å². The minimum absolute atomic E-state index is 0.0551. The molecular formula is C20H23NO6. The Hall–Kier alpha value is -2.70. The van der Waals surface area contributed by atoms with E-state index in [1.165, 1.54) is 19.2 Å². The van der Waals surface area contributed by atoms with Gasteiger partial charge in [-0.25, -0.2) is 0 Å². The molecule has 2 atom stereocenters. The summed E-state index contributed by atoms with van der Waals surface area (Å²) in [7, 11) is 1.52. The first kappa shape index (κ1) is 19.1. The smallest absolute Gasteiger partial charge is 0.309 e. The molecule has 0 radical (unpaired) electrons. The molecule has 2 amide bonds. The molecule has 0 heterocycles. The van der Waals surface area contributed by atoms with Crippen LogP contribution in [0.2, 0.25) is 0 Å². The molecule has 144 valence electrons. The quantitative estimate of drug-likeness (QED) is 0.792. The van der Waals surface area contributed by atoms with Gasteiger partial charge in [-0.3, -0.25) is 24.5 Å². The van der Waals surface area contributed by atoms with Crippen LogP contribution >= 0.6 is 0 Å². The summed E-state index contributed by atoms with van der Waals surface area (Å²) in [6.07, 6.45) is 3.69. The SMILES string of the molecule is COc1ccc(C(=O)NC(=O)COC(=O)C2CC3CCCC(C2)C3=O)cc1. The van der Waals surface area contributed by atoms with E-state index in [1.807, 2.05) is 0 Å². The summed E-state index contributed by atoms with van der Waals surface area (Å²) in [5.74, 6) is -1.31. The first-order chi connectivity index (χ1) is 13.0. The lowest BCUT2D eigenvalue weighted by atomic mass is 9.67. The Morgan fingerprint density at radius 1 is 1.07 bits per heavy atom. The number of hydrogen-bond donors (Lipinski definition) is 1. The molecule has 0 spiro atoms. The van der Waals surface area contributed by atoms with E-state index < -0.39 is 24.4 Å². The monoisotopic (exact) mass is 373 g/mol. The molecule has 7 heteroatoms. The number of fused-ring (bicyclic) bond motifs is 2. The van der Waals surface area contributed by atoms with Gasteiger partial charge in [0.25, 0.3) is 11.8 Å². The molecule has 2 saturated carbocycles. The Balaban J connectivity index is 1.46. The van der Waals surface area contributed by atoms with Crippen molar-refractivity contribution in [1.82, 2.24) is 5.32 Å². The number of imide groups is 1. The van der Waals surface area contributed by atoms with Gasteiger partial charge in [-0.1, -0.05) is 6.42 Å². The lowest BCUT2D eigenvalue weighted by Gasteiger charge is -2.36. The first-order valence-electron chi connectivity index (χ1n) is 9.16. The van der Waals surface area contributed by atoms with Crippen molar-refractivity contribution in [1.29, 1.82) is 0 Å². The molecule has 7 nitrogen and oxygen atoms in total. The molecule has 0 aliphatic heterocycles. The molecule has 0 saturated heterocycles. The normalized spacial score (nSPS) is 24.0. The van der Waals surface area contributed by atoms with Crippen LogP contribution in [0.1, 0.15) is 42.5 Å². The van der Waals surface area contributed by atoms with Crippen LogP contribution in [0.3, 0.4) is 0 Å². The van der Waals surface area contributed by atoms with E-state index >= 15 is 0 Å². The fourth-order valence-electron chi connectivity index (χ4n) is 3.90. The van der Waals surface area contributed by atoms with Gasteiger partial charge in [0.1, 0.15) is 11.5 Å². The van der Waals surface area contributed by atoms with Crippen LogP contribution in [0.15, 0.2) is 24.3 Å². The van der Waals surface area contributed by atoms with Gasteiger partial charge in [0, 0.05) is 17.4 Å². The second-order valence-corrected chi connectivity index (χ2v) is 7.11. The standard InChI is InChI=1S/C20H23NO6/c1-26-16-7-5-12(6-8-16)19(24)21-17(22)11-27-20(25)15-9-13-3-2-4-14(10-15)18(13)23/h5-8,13-15H,2-4,9-11H2,1H3,(H,21,22,24). The highest BCUT2D eigenvalue weighted by molar-refractivity contribution is 6.05. The molecule has 2 aliphatic carbocycles. The molecule has 1 aromatic carbocycles. The Morgan fingerprint density at radius 3 is 2.30 bits per heavy atom. The van der Waals surface area contributed by atoms with Crippen LogP contribution in [-0.4, -0.2) is 37.3 Å². The number of ketones is 1. The highest BCUT2D eigenvalue weighted by Gasteiger charge is 2.41. The van der Waals surface area contributed by atoms with Crippen molar-refractivity contribution in [3.05, 3.63) is 29.8 Å². The third-order valence-electron chi connectivity index (χ3n) is 5.33. The van der Waals surface area contributed by atoms with Crippen molar-refractivity contribution in [2.75, 3.05) is 13.7 Å². The zero-order chi connectivity index (χ0) is 19.4. The van der Waals surface area contributed by atoms with Crippen molar-refractivity contribution >= 4 is 23.6 Å². The zero-order valence-corrected chi connectivity index (χ0v) is 15.2. The predicted octanol–water partition coefficient (Wildman–Crippen LogP) is 1.89. The maximum atomic E-state index is 12.3. The van der Waals surface area contributed by atoms with Crippen molar-refractivity contribution in [3.8, 4) is 5.75 Å². The predicted molar refractivity (Wildman–Crippen MR) is 95.0 cm³/mol. The van der Waals surface area contributed by atoms with Gasteiger partial charge in [-0.15, -0.1) is 0 Å². The summed E-state index contributed by atoms with van der Waals surface area (Å²) in [6.45, 7) is -0.513. The van der Waals surface area contributed by atoms with Crippen LogP contribution in [0.25, 0.3) is 0 Å². The lowest BCUT2D eigenvalue weighted by Crippen LogP contribution is -2.40. The second kappa shape index (κ2) is 8.33. The van der Waals surface area contributed by atoms with E-state index in [1.54, 1.807) is 12.1 Å². The number of benzene rings is 1. The van der Waals surface area contributed by atoms with E-state index in [9.17, 15) is 19.2 Å². The second-order valence-electron chi connectivity index (χ2n) is 7.11. The van der Waals surface area contributed by atoms with Crippen molar-refractivity contribution in [3.63, 3.8) is 0 Å². The highest BCUT2D eigenvalue weighted by atomic mass is 16.5. The van der Waals surface area contributed by atoms with Crippen molar-refractivity contribution in [2.45, 2.75) is 32.1 Å². The van der Waals surface area contributed by atoms with Gasteiger partial charge in [-0.2, -0.15) is 0 Å². The van der Waals surface area contributed by atoms with E-state index in [4.69, 9.17) is 9.47 Å². The largest absolute Gasteiger partial charge is 0.497 e. The fraction of sp³-hybridized carbons (Fsp3) is 0.500. The number of carbonyl (C=O) groups is 4. The Labute approximate surface area is 157 Å². The van der Waals surface area contributed by atoms with Crippen LogP contribution in [0.5, 0.6) is 5.75 Å². The molecule has 1 N–H and O–H groups in total. The first-order valence-corrected chi connectivity index (χ1v) is 9.16. The van der Waals surface area contributed by atoms with Gasteiger partial charge >= 0.3 is 5.97 Å². The summed E-state index contributed by atoms with van der Waals surface area (Å²) in [5, 5.41) is 2.19. The number of rotatable bonds is 5. The van der Waals surface area contributed by atoms with Crippen LogP contribution in [0.4, 0.5) is 0 Å². The third kappa shape index (κ3) is 4.53. The summed E-state index contributed by atoms with van der Waals surface area (Å²) in [5.41, 5.74) is 0.300. The Morgan fingerprint density at radius 2 is 1.70 bits per heavy atom. The zero-order valence-electron chi connectivity index (χ0n) is 15.2. The third-order valence-corrected chi connectivity index (χ3v) is 5.33. The summed E-state index contributed by atoms with van der Waals surface area (Å²) in [6, 6.07) is 6.29. The molecule has 2 unspecified atom stereocenters.